The SMILES string of the molecule is Cc1cccc(-n2nnnc2SCC(=O)Nc2ccc(C)c(F)c2)c1. The number of hydrogen-bond acceptors (Lipinski definition) is 5. The van der Waals surface area contributed by atoms with Crippen molar-refractivity contribution in [2.45, 2.75) is 19.0 Å². The molecule has 0 atom stereocenters. The zero-order valence-electron chi connectivity index (χ0n) is 13.7. The molecule has 0 saturated heterocycles. The lowest BCUT2D eigenvalue weighted by Gasteiger charge is -2.07. The molecule has 1 aromatic heterocycles. The van der Waals surface area contributed by atoms with E-state index in [0.717, 1.165) is 11.3 Å². The lowest BCUT2D eigenvalue weighted by molar-refractivity contribution is -0.113. The Bertz CT molecular complexity index is 912. The van der Waals surface area contributed by atoms with E-state index in [0.29, 0.717) is 16.4 Å². The molecular formula is C17H16FN5OS. The van der Waals surface area contributed by atoms with E-state index in [-0.39, 0.29) is 17.5 Å². The summed E-state index contributed by atoms with van der Waals surface area (Å²) >= 11 is 1.21. The van der Waals surface area contributed by atoms with Gasteiger partial charge in [0.05, 0.1) is 11.4 Å². The number of tetrazole rings is 1. The van der Waals surface area contributed by atoms with E-state index < -0.39 is 0 Å². The molecule has 3 aromatic rings. The minimum atomic E-state index is -0.353. The van der Waals surface area contributed by atoms with Gasteiger partial charge in [-0.3, -0.25) is 4.79 Å². The third-order valence-corrected chi connectivity index (χ3v) is 4.39. The highest BCUT2D eigenvalue weighted by Gasteiger charge is 2.12. The highest BCUT2D eigenvalue weighted by atomic mass is 32.2. The summed E-state index contributed by atoms with van der Waals surface area (Å²) in [5.41, 5.74) is 2.87. The van der Waals surface area contributed by atoms with Gasteiger partial charge in [0.1, 0.15) is 5.82 Å². The average Bonchev–Trinajstić information content (AvgIpc) is 3.05. The number of amides is 1. The number of halogens is 1. The minimum absolute atomic E-state index is 0.113. The van der Waals surface area contributed by atoms with Crippen LogP contribution in [0.4, 0.5) is 10.1 Å². The van der Waals surface area contributed by atoms with Crippen LogP contribution in [0.5, 0.6) is 0 Å². The van der Waals surface area contributed by atoms with Gasteiger partial charge in [0.15, 0.2) is 0 Å². The maximum absolute atomic E-state index is 13.5. The second-order valence-electron chi connectivity index (χ2n) is 5.51. The van der Waals surface area contributed by atoms with E-state index >= 15 is 0 Å². The van der Waals surface area contributed by atoms with Gasteiger partial charge in [-0.1, -0.05) is 30.0 Å². The Hall–Kier alpha value is -2.74. The van der Waals surface area contributed by atoms with Crippen LogP contribution in [0.25, 0.3) is 5.69 Å². The van der Waals surface area contributed by atoms with Crippen molar-refractivity contribution in [2.75, 3.05) is 11.1 Å². The molecule has 0 bridgehead atoms. The van der Waals surface area contributed by atoms with Crippen molar-refractivity contribution >= 4 is 23.4 Å². The molecule has 6 nitrogen and oxygen atoms in total. The van der Waals surface area contributed by atoms with E-state index in [1.165, 1.54) is 17.8 Å². The maximum atomic E-state index is 13.5. The van der Waals surface area contributed by atoms with Crippen molar-refractivity contribution in [3.63, 3.8) is 0 Å². The van der Waals surface area contributed by atoms with Crippen LogP contribution < -0.4 is 5.32 Å². The molecule has 3 rings (SSSR count). The summed E-state index contributed by atoms with van der Waals surface area (Å²) in [7, 11) is 0. The van der Waals surface area contributed by atoms with Crippen molar-refractivity contribution in [2.24, 2.45) is 0 Å². The van der Waals surface area contributed by atoms with Crippen LogP contribution in [-0.4, -0.2) is 31.9 Å². The Morgan fingerprint density at radius 2 is 2.08 bits per heavy atom. The number of carbonyl (C=O) groups is 1. The molecule has 0 aliphatic carbocycles. The summed E-state index contributed by atoms with van der Waals surface area (Å²) in [5.74, 6) is -0.498. The summed E-state index contributed by atoms with van der Waals surface area (Å²) in [5, 5.41) is 14.8. The van der Waals surface area contributed by atoms with Gasteiger partial charge in [-0.05, 0) is 59.7 Å². The third kappa shape index (κ3) is 4.21. The Morgan fingerprint density at radius 1 is 1.24 bits per heavy atom. The second-order valence-corrected chi connectivity index (χ2v) is 6.46. The number of carbonyl (C=O) groups excluding carboxylic acids is 1. The molecular weight excluding hydrogens is 341 g/mol. The number of rotatable bonds is 5. The zero-order chi connectivity index (χ0) is 17.8. The number of aryl methyl sites for hydroxylation is 2. The van der Waals surface area contributed by atoms with Gasteiger partial charge in [0.25, 0.3) is 0 Å². The Labute approximate surface area is 148 Å². The first-order valence-electron chi connectivity index (χ1n) is 7.57. The number of benzene rings is 2. The summed E-state index contributed by atoms with van der Waals surface area (Å²) in [4.78, 5) is 12.1. The molecule has 25 heavy (non-hydrogen) atoms. The number of nitrogens with zero attached hydrogens (tertiary/aromatic N) is 4. The van der Waals surface area contributed by atoms with Crippen LogP contribution in [0.1, 0.15) is 11.1 Å². The fourth-order valence-corrected chi connectivity index (χ4v) is 2.88. The highest BCUT2D eigenvalue weighted by molar-refractivity contribution is 7.99. The molecule has 1 heterocycles. The van der Waals surface area contributed by atoms with Crippen molar-refractivity contribution in [3.05, 3.63) is 59.4 Å². The van der Waals surface area contributed by atoms with E-state index in [9.17, 15) is 9.18 Å². The number of nitrogens with one attached hydrogen (secondary N) is 1. The predicted molar refractivity (Wildman–Crippen MR) is 94.4 cm³/mol. The van der Waals surface area contributed by atoms with E-state index in [2.05, 4.69) is 20.8 Å². The molecule has 1 amide bonds. The normalized spacial score (nSPS) is 10.7. The van der Waals surface area contributed by atoms with Gasteiger partial charge in [-0.15, -0.1) is 5.10 Å². The van der Waals surface area contributed by atoms with Crippen molar-refractivity contribution in [3.8, 4) is 5.69 Å². The zero-order valence-corrected chi connectivity index (χ0v) is 14.5. The summed E-state index contributed by atoms with van der Waals surface area (Å²) < 4.78 is 15.1. The first kappa shape index (κ1) is 17.1. The molecule has 0 fully saturated rings. The van der Waals surface area contributed by atoms with E-state index in [4.69, 9.17) is 0 Å². The molecule has 0 aliphatic heterocycles. The Balaban J connectivity index is 1.65. The van der Waals surface area contributed by atoms with Crippen LogP contribution in [0.3, 0.4) is 0 Å². The predicted octanol–water partition coefficient (Wildman–Crippen LogP) is 3.15. The van der Waals surface area contributed by atoms with Gasteiger partial charge in [0.2, 0.25) is 11.1 Å². The molecule has 0 unspecified atom stereocenters. The smallest absolute Gasteiger partial charge is 0.234 e. The Morgan fingerprint density at radius 3 is 2.84 bits per heavy atom. The molecule has 128 valence electrons. The highest BCUT2D eigenvalue weighted by Crippen LogP contribution is 2.19. The lowest BCUT2D eigenvalue weighted by atomic mass is 10.2. The van der Waals surface area contributed by atoms with Crippen molar-refractivity contribution in [1.29, 1.82) is 0 Å². The van der Waals surface area contributed by atoms with Crippen molar-refractivity contribution < 1.29 is 9.18 Å². The van der Waals surface area contributed by atoms with Crippen molar-refractivity contribution in [1.82, 2.24) is 20.2 Å². The summed E-state index contributed by atoms with van der Waals surface area (Å²) in [6, 6.07) is 12.3. The van der Waals surface area contributed by atoms with Gasteiger partial charge < -0.3 is 5.32 Å². The first-order valence-corrected chi connectivity index (χ1v) is 8.56. The van der Waals surface area contributed by atoms with Crippen LogP contribution in [0.15, 0.2) is 47.6 Å². The molecule has 0 radical (unpaired) electrons. The van der Waals surface area contributed by atoms with Gasteiger partial charge in [-0.25, -0.2) is 4.39 Å². The first-order chi connectivity index (χ1) is 12.0. The third-order valence-electron chi connectivity index (χ3n) is 3.48. The van der Waals surface area contributed by atoms with Gasteiger partial charge >= 0.3 is 0 Å². The van der Waals surface area contributed by atoms with Gasteiger partial charge in [-0.2, -0.15) is 4.68 Å². The molecule has 1 N–H and O–H groups in total. The quantitative estimate of drug-likeness (QED) is 0.710. The van der Waals surface area contributed by atoms with Crippen LogP contribution in [0.2, 0.25) is 0 Å². The fraction of sp³-hybridized carbons (Fsp3) is 0.176. The van der Waals surface area contributed by atoms with Gasteiger partial charge in [0, 0.05) is 5.69 Å². The second kappa shape index (κ2) is 7.43. The monoisotopic (exact) mass is 357 g/mol. The largest absolute Gasteiger partial charge is 0.325 e. The Kier molecular flexibility index (Phi) is 5.08. The lowest BCUT2D eigenvalue weighted by Crippen LogP contribution is -2.14. The fourth-order valence-electron chi connectivity index (χ4n) is 2.19. The van der Waals surface area contributed by atoms with E-state index in [1.54, 1.807) is 23.7 Å². The molecule has 2 aromatic carbocycles. The molecule has 0 saturated carbocycles. The van der Waals surface area contributed by atoms with E-state index in [1.807, 2.05) is 31.2 Å². The maximum Gasteiger partial charge on any atom is 0.234 e. The molecule has 8 heteroatoms. The standard InChI is InChI=1S/C17H16FN5OS/c1-11-4-3-5-14(8-11)23-17(20-21-22-23)25-10-16(24)19-13-7-6-12(2)15(18)9-13/h3-9H,10H2,1-2H3,(H,19,24). The summed E-state index contributed by atoms with van der Waals surface area (Å²) in [6.07, 6.45) is 0. The number of anilines is 1. The molecule has 0 spiro atoms. The average molecular weight is 357 g/mol. The minimum Gasteiger partial charge on any atom is -0.325 e. The summed E-state index contributed by atoms with van der Waals surface area (Å²) in [6.45, 7) is 3.65. The number of thioether (sulfide) groups is 1. The van der Waals surface area contributed by atoms with Crippen LogP contribution >= 0.6 is 11.8 Å². The van der Waals surface area contributed by atoms with Crippen LogP contribution in [0, 0.1) is 19.7 Å². The topological polar surface area (TPSA) is 72.7 Å². The molecule has 0 aliphatic rings. The number of hydrogen-bond donors (Lipinski definition) is 1. The van der Waals surface area contributed by atoms with Crippen LogP contribution in [-0.2, 0) is 4.79 Å². The number of aromatic nitrogens is 4.